The van der Waals surface area contributed by atoms with E-state index in [1.54, 1.807) is 0 Å². The van der Waals surface area contributed by atoms with Crippen molar-refractivity contribution in [3.63, 3.8) is 0 Å². The van der Waals surface area contributed by atoms with Crippen molar-refractivity contribution in [2.45, 2.75) is 76.8 Å². The SMILES string of the molecule is CCCC(C)(N)C(=O)NC1CC1C1CCCCC1.Cl. The third-order valence-corrected chi connectivity index (χ3v) is 4.70. The van der Waals surface area contributed by atoms with E-state index >= 15 is 0 Å². The van der Waals surface area contributed by atoms with Crippen molar-refractivity contribution in [1.82, 2.24) is 5.32 Å². The van der Waals surface area contributed by atoms with Gasteiger partial charge in [0.05, 0.1) is 5.54 Å². The smallest absolute Gasteiger partial charge is 0.240 e. The van der Waals surface area contributed by atoms with Gasteiger partial charge in [0.25, 0.3) is 0 Å². The molecule has 2 aliphatic carbocycles. The Labute approximate surface area is 123 Å². The Hall–Kier alpha value is -0.280. The molecule has 112 valence electrons. The van der Waals surface area contributed by atoms with Gasteiger partial charge < -0.3 is 11.1 Å². The van der Waals surface area contributed by atoms with E-state index in [1.165, 1.54) is 38.5 Å². The Balaban J connectivity index is 0.00000180. The molecule has 0 aromatic carbocycles. The molecule has 0 heterocycles. The fourth-order valence-corrected chi connectivity index (χ4v) is 3.43. The molecular weight excluding hydrogens is 260 g/mol. The molecule has 2 fully saturated rings. The van der Waals surface area contributed by atoms with Crippen LogP contribution in [0.5, 0.6) is 0 Å². The first-order chi connectivity index (χ1) is 8.54. The van der Waals surface area contributed by atoms with E-state index in [1.807, 2.05) is 6.92 Å². The molecule has 2 aliphatic rings. The lowest BCUT2D eigenvalue weighted by atomic mass is 9.85. The van der Waals surface area contributed by atoms with E-state index in [0.717, 1.165) is 24.7 Å². The monoisotopic (exact) mass is 288 g/mol. The molecular formula is C15H29ClN2O. The van der Waals surface area contributed by atoms with E-state index in [4.69, 9.17) is 5.73 Å². The quantitative estimate of drug-likeness (QED) is 0.817. The highest BCUT2D eigenvalue weighted by atomic mass is 35.5. The van der Waals surface area contributed by atoms with E-state index in [0.29, 0.717) is 6.04 Å². The van der Waals surface area contributed by atoms with Crippen LogP contribution in [0, 0.1) is 11.8 Å². The van der Waals surface area contributed by atoms with Gasteiger partial charge in [0.2, 0.25) is 5.91 Å². The van der Waals surface area contributed by atoms with Crippen LogP contribution < -0.4 is 11.1 Å². The second-order valence-electron chi connectivity index (χ2n) is 6.55. The van der Waals surface area contributed by atoms with Crippen molar-refractivity contribution in [2.24, 2.45) is 17.6 Å². The Morgan fingerprint density at radius 2 is 1.95 bits per heavy atom. The van der Waals surface area contributed by atoms with E-state index < -0.39 is 5.54 Å². The number of carbonyl (C=O) groups excluding carboxylic acids is 1. The second-order valence-corrected chi connectivity index (χ2v) is 6.55. The molecule has 0 aliphatic heterocycles. The van der Waals surface area contributed by atoms with Crippen molar-refractivity contribution in [3.8, 4) is 0 Å². The maximum atomic E-state index is 12.1. The number of hydrogen-bond acceptors (Lipinski definition) is 2. The summed E-state index contributed by atoms with van der Waals surface area (Å²) in [6, 6.07) is 0.417. The summed E-state index contributed by atoms with van der Waals surface area (Å²) in [6.07, 6.45) is 9.79. The van der Waals surface area contributed by atoms with Crippen molar-refractivity contribution >= 4 is 18.3 Å². The van der Waals surface area contributed by atoms with Crippen molar-refractivity contribution in [2.75, 3.05) is 0 Å². The number of amides is 1. The van der Waals surface area contributed by atoms with Crippen LogP contribution in [0.15, 0.2) is 0 Å². The maximum absolute atomic E-state index is 12.1. The van der Waals surface area contributed by atoms with Crippen molar-refractivity contribution < 1.29 is 4.79 Å². The second kappa shape index (κ2) is 6.94. The third kappa shape index (κ3) is 4.35. The number of halogens is 1. The first-order valence-electron chi connectivity index (χ1n) is 7.64. The lowest BCUT2D eigenvalue weighted by Gasteiger charge is -2.24. The average Bonchev–Trinajstić information content (AvgIpc) is 3.09. The van der Waals surface area contributed by atoms with Gasteiger partial charge in [-0.1, -0.05) is 45.4 Å². The first-order valence-corrected chi connectivity index (χ1v) is 7.64. The van der Waals surface area contributed by atoms with Gasteiger partial charge in [-0.25, -0.2) is 0 Å². The zero-order valence-electron chi connectivity index (χ0n) is 12.3. The molecule has 0 saturated heterocycles. The predicted octanol–water partition coefficient (Wildman–Crippen LogP) is 3.01. The zero-order chi connectivity index (χ0) is 13.2. The molecule has 3 N–H and O–H groups in total. The molecule has 2 rings (SSSR count). The lowest BCUT2D eigenvalue weighted by Crippen LogP contribution is -2.52. The van der Waals surface area contributed by atoms with Crippen LogP contribution in [0.4, 0.5) is 0 Å². The molecule has 3 atom stereocenters. The predicted molar refractivity (Wildman–Crippen MR) is 81.4 cm³/mol. The summed E-state index contributed by atoms with van der Waals surface area (Å²) in [5, 5.41) is 3.16. The van der Waals surface area contributed by atoms with Gasteiger partial charge in [0, 0.05) is 6.04 Å². The van der Waals surface area contributed by atoms with Gasteiger partial charge >= 0.3 is 0 Å². The molecule has 0 spiro atoms. The van der Waals surface area contributed by atoms with Crippen LogP contribution in [0.3, 0.4) is 0 Å². The van der Waals surface area contributed by atoms with Gasteiger partial charge in [0.15, 0.2) is 0 Å². The van der Waals surface area contributed by atoms with Gasteiger partial charge in [-0.3, -0.25) is 4.79 Å². The van der Waals surface area contributed by atoms with E-state index in [2.05, 4.69) is 12.2 Å². The van der Waals surface area contributed by atoms with Gasteiger partial charge in [-0.15, -0.1) is 12.4 Å². The lowest BCUT2D eigenvalue weighted by molar-refractivity contribution is -0.126. The van der Waals surface area contributed by atoms with E-state index in [9.17, 15) is 4.79 Å². The molecule has 0 radical (unpaired) electrons. The van der Waals surface area contributed by atoms with Crippen molar-refractivity contribution in [1.29, 1.82) is 0 Å². The van der Waals surface area contributed by atoms with Crippen LogP contribution in [-0.4, -0.2) is 17.5 Å². The van der Waals surface area contributed by atoms with Gasteiger partial charge in [-0.2, -0.15) is 0 Å². The van der Waals surface area contributed by atoms with Crippen LogP contribution in [0.25, 0.3) is 0 Å². The first kappa shape index (κ1) is 16.8. The maximum Gasteiger partial charge on any atom is 0.240 e. The number of nitrogens with one attached hydrogen (secondary N) is 1. The molecule has 1 amide bonds. The Kier molecular flexibility index (Phi) is 6.13. The van der Waals surface area contributed by atoms with Gasteiger partial charge in [-0.05, 0) is 31.6 Å². The van der Waals surface area contributed by atoms with Crippen LogP contribution >= 0.6 is 12.4 Å². The minimum Gasteiger partial charge on any atom is -0.351 e. The summed E-state index contributed by atoms with van der Waals surface area (Å²) < 4.78 is 0. The van der Waals surface area contributed by atoms with Crippen LogP contribution in [-0.2, 0) is 4.79 Å². The average molecular weight is 289 g/mol. The topological polar surface area (TPSA) is 55.1 Å². The minimum atomic E-state index is -0.686. The summed E-state index contributed by atoms with van der Waals surface area (Å²) in [5.74, 6) is 1.65. The summed E-state index contributed by atoms with van der Waals surface area (Å²) in [5.41, 5.74) is 5.37. The Bertz CT molecular complexity index is 301. The Morgan fingerprint density at radius 3 is 2.53 bits per heavy atom. The summed E-state index contributed by atoms with van der Waals surface area (Å²) in [7, 11) is 0. The molecule has 0 aromatic rings. The molecule has 3 nitrogen and oxygen atoms in total. The molecule has 0 bridgehead atoms. The standard InChI is InChI=1S/C15H28N2O.ClH/c1-3-9-15(2,16)14(18)17-13-10-12(13)11-7-5-4-6-8-11;/h11-13H,3-10,16H2,1-2H3,(H,17,18);1H. The van der Waals surface area contributed by atoms with Crippen LogP contribution in [0.1, 0.15) is 65.2 Å². The minimum absolute atomic E-state index is 0. The normalized spacial score (nSPS) is 30.1. The molecule has 19 heavy (non-hydrogen) atoms. The highest BCUT2D eigenvalue weighted by Crippen LogP contribution is 2.44. The Morgan fingerprint density at radius 1 is 1.32 bits per heavy atom. The summed E-state index contributed by atoms with van der Waals surface area (Å²) >= 11 is 0. The fraction of sp³-hybridized carbons (Fsp3) is 0.933. The number of rotatable bonds is 5. The number of nitrogens with two attached hydrogens (primary N) is 1. The fourth-order valence-electron chi connectivity index (χ4n) is 3.43. The summed E-state index contributed by atoms with van der Waals surface area (Å²) in [6.45, 7) is 3.92. The molecule has 0 aromatic heterocycles. The van der Waals surface area contributed by atoms with E-state index in [-0.39, 0.29) is 18.3 Å². The highest BCUT2D eigenvalue weighted by molar-refractivity contribution is 5.86. The molecule has 4 heteroatoms. The highest BCUT2D eigenvalue weighted by Gasteiger charge is 2.45. The number of hydrogen-bond donors (Lipinski definition) is 2. The van der Waals surface area contributed by atoms with Crippen LogP contribution in [0.2, 0.25) is 0 Å². The largest absolute Gasteiger partial charge is 0.351 e. The zero-order valence-corrected chi connectivity index (χ0v) is 13.1. The third-order valence-electron chi connectivity index (χ3n) is 4.70. The summed E-state index contributed by atoms with van der Waals surface area (Å²) in [4.78, 5) is 12.1. The number of carbonyl (C=O) groups is 1. The molecule has 2 saturated carbocycles. The van der Waals surface area contributed by atoms with Gasteiger partial charge in [0.1, 0.15) is 0 Å². The molecule has 3 unspecified atom stereocenters. The van der Waals surface area contributed by atoms with Crippen molar-refractivity contribution in [3.05, 3.63) is 0 Å².